The lowest BCUT2D eigenvalue weighted by atomic mass is 9.47. The Bertz CT molecular complexity index is 718. The van der Waals surface area contributed by atoms with Gasteiger partial charge in [-0.25, -0.2) is 0 Å². The van der Waals surface area contributed by atoms with Crippen LogP contribution in [0.1, 0.15) is 92.9 Å². The van der Waals surface area contributed by atoms with Gasteiger partial charge in [-0.15, -0.1) is 0 Å². The van der Waals surface area contributed by atoms with E-state index < -0.39 is 0 Å². The van der Waals surface area contributed by atoms with E-state index in [-0.39, 0.29) is 12.1 Å². The van der Waals surface area contributed by atoms with E-state index in [0.717, 1.165) is 36.5 Å². The van der Waals surface area contributed by atoms with Crippen molar-refractivity contribution in [2.75, 3.05) is 0 Å². The van der Waals surface area contributed by atoms with Crippen LogP contribution in [0.5, 0.6) is 0 Å². The second-order valence-electron chi connectivity index (χ2n) is 11.9. The summed E-state index contributed by atoms with van der Waals surface area (Å²) in [5, 5.41) is 0. The molecule has 0 aromatic rings. The van der Waals surface area contributed by atoms with Gasteiger partial charge in [0.15, 0.2) is 0 Å². The molecule has 2 nitrogen and oxygen atoms in total. The molecule has 3 fully saturated rings. The second-order valence-corrected chi connectivity index (χ2v) is 11.9. The molecule has 0 bridgehead atoms. The minimum atomic E-state index is -0.121. The van der Waals surface area contributed by atoms with Crippen LogP contribution in [-0.2, 0) is 9.53 Å². The Balaban J connectivity index is 1.53. The topological polar surface area (TPSA) is 26.3 Å². The first-order valence-electron chi connectivity index (χ1n) is 12.7. The molecule has 0 N–H and O–H groups in total. The normalized spacial score (nSPS) is 44.2. The first kappa shape index (κ1) is 22.2. The lowest BCUT2D eigenvalue weighted by molar-refractivity contribution is -0.148. The molecule has 0 aromatic heterocycles. The molecule has 168 valence electrons. The number of ether oxygens (including phenoxy) is 1. The first-order valence-corrected chi connectivity index (χ1v) is 12.7. The van der Waals surface area contributed by atoms with Crippen LogP contribution in [0.15, 0.2) is 23.8 Å². The predicted octanol–water partition coefficient (Wildman–Crippen LogP) is 7.35. The summed E-state index contributed by atoms with van der Waals surface area (Å²) in [6.07, 6.45) is 17.7. The van der Waals surface area contributed by atoms with Crippen molar-refractivity contribution in [1.82, 2.24) is 0 Å². The van der Waals surface area contributed by atoms with Crippen LogP contribution < -0.4 is 0 Å². The standard InChI is InChI=1S/C28H44O2/c1-18(2)7-8-19(3)24-11-12-25-23-10-9-21-17-22(30-20(4)29)13-15-27(21,5)26(23)14-16-28(24,25)6/h7-9,18-19,22-26H,10-17H2,1-6H3/b8-7+/t19-,22-,23+,24+,25+,26+,27-,28+/m0/s1. The Morgan fingerprint density at radius 1 is 1.07 bits per heavy atom. The highest BCUT2D eigenvalue weighted by Crippen LogP contribution is 2.67. The zero-order chi connectivity index (χ0) is 21.7. The number of hydrogen-bond acceptors (Lipinski definition) is 2. The van der Waals surface area contributed by atoms with Crippen molar-refractivity contribution in [3.05, 3.63) is 23.8 Å². The molecule has 4 rings (SSSR count). The molecule has 0 spiro atoms. The smallest absolute Gasteiger partial charge is 0.302 e. The van der Waals surface area contributed by atoms with Gasteiger partial charge < -0.3 is 4.74 Å². The summed E-state index contributed by atoms with van der Waals surface area (Å²) in [6.45, 7) is 13.8. The highest BCUT2D eigenvalue weighted by atomic mass is 16.5. The molecule has 0 aliphatic heterocycles. The fraction of sp³-hybridized carbons (Fsp3) is 0.821. The number of allylic oxidation sites excluding steroid dienone is 3. The molecule has 2 heteroatoms. The Morgan fingerprint density at radius 2 is 1.83 bits per heavy atom. The van der Waals surface area contributed by atoms with E-state index in [9.17, 15) is 4.79 Å². The van der Waals surface area contributed by atoms with Crippen LogP contribution >= 0.6 is 0 Å². The zero-order valence-corrected chi connectivity index (χ0v) is 20.2. The Hall–Kier alpha value is -1.05. The minimum Gasteiger partial charge on any atom is -0.462 e. The summed E-state index contributed by atoms with van der Waals surface area (Å²) in [6, 6.07) is 0. The lowest BCUT2D eigenvalue weighted by Gasteiger charge is -2.58. The average Bonchev–Trinajstić information content (AvgIpc) is 3.03. The molecule has 0 heterocycles. The second kappa shape index (κ2) is 8.14. The van der Waals surface area contributed by atoms with Gasteiger partial charge in [-0.1, -0.05) is 58.4 Å². The van der Waals surface area contributed by atoms with Crippen molar-refractivity contribution in [1.29, 1.82) is 0 Å². The first-order chi connectivity index (χ1) is 14.1. The van der Waals surface area contributed by atoms with Crippen LogP contribution in [0, 0.1) is 46.3 Å². The maximum Gasteiger partial charge on any atom is 0.302 e. The van der Waals surface area contributed by atoms with E-state index in [4.69, 9.17) is 4.74 Å². The molecule has 0 saturated heterocycles. The monoisotopic (exact) mass is 412 g/mol. The van der Waals surface area contributed by atoms with Gasteiger partial charge in [-0.3, -0.25) is 4.79 Å². The van der Waals surface area contributed by atoms with Gasteiger partial charge in [0.1, 0.15) is 6.10 Å². The van der Waals surface area contributed by atoms with Gasteiger partial charge in [0.25, 0.3) is 0 Å². The summed E-state index contributed by atoms with van der Waals surface area (Å²) in [5.74, 6) is 4.64. The van der Waals surface area contributed by atoms with Crippen LogP contribution in [0.4, 0.5) is 0 Å². The number of fused-ring (bicyclic) bond motifs is 5. The highest BCUT2D eigenvalue weighted by Gasteiger charge is 2.59. The molecule has 0 unspecified atom stereocenters. The lowest BCUT2D eigenvalue weighted by Crippen LogP contribution is -2.51. The van der Waals surface area contributed by atoms with Crippen LogP contribution in [0.3, 0.4) is 0 Å². The molecule has 4 aliphatic carbocycles. The summed E-state index contributed by atoms with van der Waals surface area (Å²) < 4.78 is 5.60. The van der Waals surface area contributed by atoms with Gasteiger partial charge in [0.2, 0.25) is 0 Å². The third-order valence-electron chi connectivity index (χ3n) is 9.90. The Kier molecular flexibility index (Phi) is 6.01. The van der Waals surface area contributed by atoms with Crippen LogP contribution in [0.2, 0.25) is 0 Å². The summed E-state index contributed by atoms with van der Waals surface area (Å²) in [7, 11) is 0. The van der Waals surface area contributed by atoms with Crippen molar-refractivity contribution < 1.29 is 9.53 Å². The summed E-state index contributed by atoms with van der Waals surface area (Å²) >= 11 is 0. The van der Waals surface area contributed by atoms with Gasteiger partial charge in [0.05, 0.1) is 0 Å². The summed E-state index contributed by atoms with van der Waals surface area (Å²) in [4.78, 5) is 11.5. The molecular formula is C28H44O2. The fourth-order valence-corrected chi connectivity index (χ4v) is 8.40. The van der Waals surface area contributed by atoms with E-state index in [1.54, 1.807) is 12.5 Å². The number of esters is 1. The van der Waals surface area contributed by atoms with Gasteiger partial charge >= 0.3 is 5.97 Å². The zero-order valence-electron chi connectivity index (χ0n) is 20.2. The fourth-order valence-electron chi connectivity index (χ4n) is 8.40. The SMILES string of the molecule is CC(=O)O[C@H]1CC[C@@]2(C)C(=CC[C@@H]3[C@H]4CC[C@H]([C@@H](C)/C=C/C(C)C)[C@@]4(C)CC[C@H]32)C1. The quantitative estimate of drug-likeness (QED) is 0.356. The van der Waals surface area contributed by atoms with E-state index in [1.807, 2.05) is 0 Å². The Labute approximate surface area is 184 Å². The molecule has 0 aromatic carbocycles. The molecule has 30 heavy (non-hydrogen) atoms. The largest absolute Gasteiger partial charge is 0.462 e. The van der Waals surface area contributed by atoms with E-state index in [1.165, 1.54) is 38.5 Å². The van der Waals surface area contributed by atoms with Crippen LogP contribution in [0.25, 0.3) is 0 Å². The van der Waals surface area contributed by atoms with Gasteiger partial charge in [-0.2, -0.15) is 0 Å². The third kappa shape index (κ3) is 3.71. The molecule has 0 amide bonds. The maximum absolute atomic E-state index is 11.5. The van der Waals surface area contributed by atoms with Crippen molar-refractivity contribution in [3.8, 4) is 0 Å². The molecule has 0 radical (unpaired) electrons. The number of rotatable bonds is 4. The summed E-state index contributed by atoms with van der Waals surface area (Å²) in [5.41, 5.74) is 2.45. The van der Waals surface area contributed by atoms with Crippen LogP contribution in [-0.4, -0.2) is 12.1 Å². The third-order valence-corrected chi connectivity index (χ3v) is 9.90. The number of carbonyl (C=O) groups excluding carboxylic acids is 1. The van der Waals surface area contributed by atoms with Gasteiger partial charge in [0, 0.05) is 13.3 Å². The van der Waals surface area contributed by atoms with Gasteiger partial charge in [-0.05, 0) is 91.3 Å². The maximum atomic E-state index is 11.5. The van der Waals surface area contributed by atoms with Crippen molar-refractivity contribution in [2.24, 2.45) is 46.3 Å². The van der Waals surface area contributed by atoms with Crippen molar-refractivity contribution >= 4 is 5.97 Å². The van der Waals surface area contributed by atoms with E-state index in [2.05, 4.69) is 52.8 Å². The van der Waals surface area contributed by atoms with Crippen molar-refractivity contribution in [3.63, 3.8) is 0 Å². The van der Waals surface area contributed by atoms with E-state index in [0.29, 0.717) is 22.7 Å². The molecular weight excluding hydrogens is 368 g/mol. The van der Waals surface area contributed by atoms with E-state index >= 15 is 0 Å². The van der Waals surface area contributed by atoms with Crippen molar-refractivity contribution in [2.45, 2.75) is 99.0 Å². The highest BCUT2D eigenvalue weighted by molar-refractivity contribution is 5.66. The molecule has 3 saturated carbocycles. The predicted molar refractivity (Wildman–Crippen MR) is 124 cm³/mol. The minimum absolute atomic E-state index is 0.108. The number of hydrogen-bond donors (Lipinski definition) is 0. The number of carbonyl (C=O) groups is 1. The average molecular weight is 413 g/mol. The molecule has 8 atom stereocenters. The Morgan fingerprint density at radius 3 is 2.53 bits per heavy atom. The molecule has 4 aliphatic rings.